The highest BCUT2D eigenvalue weighted by atomic mass is 16.5. The number of carbonyl (C=O) groups excluding carboxylic acids is 1. The molecule has 0 saturated carbocycles. The van der Waals surface area contributed by atoms with Crippen molar-refractivity contribution < 1.29 is 9.53 Å². The first-order valence-electron chi connectivity index (χ1n) is 6.13. The Labute approximate surface area is 113 Å². The summed E-state index contributed by atoms with van der Waals surface area (Å²) >= 11 is 0. The van der Waals surface area contributed by atoms with Crippen LogP contribution >= 0.6 is 0 Å². The van der Waals surface area contributed by atoms with Gasteiger partial charge in [-0.15, -0.1) is 0 Å². The summed E-state index contributed by atoms with van der Waals surface area (Å²) in [5, 5.41) is 8.67. The van der Waals surface area contributed by atoms with Gasteiger partial charge >= 0.3 is 0 Å². The highest BCUT2D eigenvalue weighted by Gasteiger charge is 2.13. The van der Waals surface area contributed by atoms with Crippen LogP contribution in [0.25, 0.3) is 0 Å². The van der Waals surface area contributed by atoms with Crippen LogP contribution in [0.4, 0.5) is 11.8 Å². The van der Waals surface area contributed by atoms with Crippen molar-refractivity contribution in [3.8, 4) is 0 Å². The van der Waals surface area contributed by atoms with Gasteiger partial charge in [0, 0.05) is 32.5 Å². The molecule has 1 amide bonds. The zero-order valence-corrected chi connectivity index (χ0v) is 11.8. The van der Waals surface area contributed by atoms with Crippen LogP contribution in [0.5, 0.6) is 0 Å². The molecule has 0 aromatic carbocycles. The fourth-order valence-corrected chi connectivity index (χ4v) is 1.47. The van der Waals surface area contributed by atoms with Gasteiger partial charge in [0.1, 0.15) is 11.9 Å². The van der Waals surface area contributed by atoms with E-state index in [1.165, 1.54) is 0 Å². The van der Waals surface area contributed by atoms with Crippen LogP contribution in [-0.4, -0.2) is 49.2 Å². The Morgan fingerprint density at radius 1 is 1.47 bits per heavy atom. The van der Waals surface area contributed by atoms with Crippen molar-refractivity contribution in [2.24, 2.45) is 0 Å². The molecule has 1 aromatic heterocycles. The number of rotatable bonds is 7. The van der Waals surface area contributed by atoms with E-state index < -0.39 is 0 Å². The molecule has 1 unspecified atom stereocenters. The predicted molar refractivity (Wildman–Crippen MR) is 74.3 cm³/mol. The molecule has 0 aliphatic carbocycles. The summed E-state index contributed by atoms with van der Waals surface area (Å²) in [5.74, 6) is 1.04. The Bertz CT molecular complexity index is 425. The van der Waals surface area contributed by atoms with Crippen molar-refractivity contribution in [3.63, 3.8) is 0 Å². The zero-order valence-electron chi connectivity index (χ0n) is 11.8. The first-order valence-corrected chi connectivity index (χ1v) is 6.13. The lowest BCUT2D eigenvalue weighted by atomic mass is 10.3. The Hall–Kier alpha value is -1.89. The zero-order chi connectivity index (χ0) is 14.3. The molecule has 3 N–H and O–H groups in total. The minimum absolute atomic E-state index is 0.0978. The molecule has 106 valence electrons. The Morgan fingerprint density at radius 3 is 2.84 bits per heavy atom. The minimum atomic E-state index is -0.379. The van der Waals surface area contributed by atoms with Gasteiger partial charge in [-0.05, 0) is 13.8 Å². The van der Waals surface area contributed by atoms with Crippen molar-refractivity contribution in [1.29, 1.82) is 0 Å². The van der Waals surface area contributed by atoms with Gasteiger partial charge in [-0.25, -0.2) is 4.98 Å². The fraction of sp³-hybridized carbons (Fsp3) is 0.583. The molecule has 0 fully saturated rings. The lowest BCUT2D eigenvalue weighted by molar-refractivity contribution is -0.121. The average molecular weight is 267 g/mol. The van der Waals surface area contributed by atoms with E-state index in [2.05, 4.69) is 25.9 Å². The molecule has 1 atom stereocenters. The summed E-state index contributed by atoms with van der Waals surface area (Å²) in [6.07, 6.45) is 0. The van der Waals surface area contributed by atoms with Crippen LogP contribution in [0.15, 0.2) is 6.07 Å². The third-order valence-electron chi connectivity index (χ3n) is 2.44. The second kappa shape index (κ2) is 7.52. The molecular weight excluding hydrogens is 246 g/mol. The van der Waals surface area contributed by atoms with Crippen molar-refractivity contribution in [2.75, 3.05) is 37.9 Å². The van der Waals surface area contributed by atoms with Crippen LogP contribution in [-0.2, 0) is 9.53 Å². The second-order valence-electron chi connectivity index (χ2n) is 4.12. The number of aromatic nitrogens is 2. The summed E-state index contributed by atoms with van der Waals surface area (Å²) in [6.45, 7) is 4.64. The smallest absolute Gasteiger partial charge is 0.242 e. The summed E-state index contributed by atoms with van der Waals surface area (Å²) in [5.41, 5.74) is 0.828. The Balaban J connectivity index is 2.58. The van der Waals surface area contributed by atoms with Crippen LogP contribution in [0.3, 0.4) is 0 Å². The molecule has 0 saturated heterocycles. The Morgan fingerprint density at radius 2 is 2.21 bits per heavy atom. The maximum atomic E-state index is 11.8. The van der Waals surface area contributed by atoms with E-state index >= 15 is 0 Å². The number of nitrogens with one attached hydrogen (secondary N) is 3. The molecule has 7 nitrogen and oxygen atoms in total. The molecule has 0 aliphatic heterocycles. The van der Waals surface area contributed by atoms with E-state index in [-0.39, 0.29) is 11.9 Å². The van der Waals surface area contributed by atoms with E-state index in [4.69, 9.17) is 4.74 Å². The maximum Gasteiger partial charge on any atom is 0.242 e. The molecule has 0 bridgehead atoms. The topological polar surface area (TPSA) is 88.2 Å². The minimum Gasteiger partial charge on any atom is -0.383 e. The van der Waals surface area contributed by atoms with Crippen molar-refractivity contribution in [1.82, 2.24) is 15.3 Å². The van der Waals surface area contributed by atoms with Gasteiger partial charge in [0.05, 0.1) is 6.61 Å². The van der Waals surface area contributed by atoms with Gasteiger partial charge in [-0.1, -0.05) is 0 Å². The lowest BCUT2D eigenvalue weighted by Gasteiger charge is -2.15. The number of hydrogen-bond donors (Lipinski definition) is 3. The number of nitrogens with zero attached hydrogens (tertiary/aromatic N) is 2. The molecule has 1 rings (SSSR count). The highest BCUT2D eigenvalue weighted by Crippen LogP contribution is 2.10. The quantitative estimate of drug-likeness (QED) is 0.619. The van der Waals surface area contributed by atoms with Gasteiger partial charge in [0.2, 0.25) is 11.9 Å². The molecular formula is C12H21N5O2. The van der Waals surface area contributed by atoms with Crippen LogP contribution < -0.4 is 16.0 Å². The molecule has 1 aromatic rings. The first kappa shape index (κ1) is 15.2. The van der Waals surface area contributed by atoms with Crippen LogP contribution in [0.2, 0.25) is 0 Å². The molecule has 19 heavy (non-hydrogen) atoms. The number of methoxy groups -OCH3 is 1. The number of amides is 1. The second-order valence-corrected chi connectivity index (χ2v) is 4.12. The SMILES string of the molecule is CNc1nc(C)cc(NC(C)C(=O)NCCOC)n1. The van der Waals surface area contributed by atoms with Crippen LogP contribution in [0, 0.1) is 6.92 Å². The van der Waals surface area contributed by atoms with Gasteiger partial charge in [-0.2, -0.15) is 4.98 Å². The number of carbonyl (C=O) groups is 1. The first-order chi connectivity index (χ1) is 9.06. The van der Waals surface area contributed by atoms with Gasteiger partial charge < -0.3 is 20.7 Å². The molecule has 1 heterocycles. The van der Waals surface area contributed by atoms with E-state index in [0.717, 1.165) is 5.69 Å². The summed E-state index contributed by atoms with van der Waals surface area (Å²) in [6, 6.07) is 1.41. The van der Waals surface area contributed by atoms with E-state index in [0.29, 0.717) is 24.9 Å². The average Bonchev–Trinajstić information content (AvgIpc) is 2.38. The molecule has 7 heteroatoms. The number of aryl methyl sites for hydroxylation is 1. The van der Waals surface area contributed by atoms with Crippen molar-refractivity contribution >= 4 is 17.7 Å². The molecule has 0 radical (unpaired) electrons. The highest BCUT2D eigenvalue weighted by molar-refractivity contribution is 5.83. The van der Waals surface area contributed by atoms with Gasteiger partial charge in [0.15, 0.2) is 0 Å². The normalized spacial score (nSPS) is 11.8. The van der Waals surface area contributed by atoms with E-state index in [9.17, 15) is 4.79 Å². The third-order valence-corrected chi connectivity index (χ3v) is 2.44. The molecule has 0 aliphatic rings. The number of anilines is 2. The Kier molecular flexibility index (Phi) is 6.01. The summed E-state index contributed by atoms with van der Waals surface area (Å²) in [4.78, 5) is 20.2. The predicted octanol–water partition coefficient (Wildman–Crippen LogP) is 0.390. The number of ether oxygens (including phenoxy) is 1. The van der Waals surface area contributed by atoms with Crippen LogP contribution in [0.1, 0.15) is 12.6 Å². The molecule has 0 spiro atoms. The number of hydrogen-bond acceptors (Lipinski definition) is 6. The summed E-state index contributed by atoms with van der Waals surface area (Å²) in [7, 11) is 3.34. The monoisotopic (exact) mass is 267 g/mol. The van der Waals surface area contributed by atoms with Crippen molar-refractivity contribution in [2.45, 2.75) is 19.9 Å². The standard InChI is InChI=1S/C12H21N5O2/c1-8-7-10(17-12(13-3)15-8)16-9(2)11(18)14-5-6-19-4/h7,9H,5-6H2,1-4H3,(H,14,18)(H2,13,15,16,17). The van der Waals surface area contributed by atoms with E-state index in [1.54, 1.807) is 27.1 Å². The van der Waals surface area contributed by atoms with Gasteiger partial charge in [0.25, 0.3) is 0 Å². The summed E-state index contributed by atoms with van der Waals surface area (Å²) < 4.78 is 4.87. The largest absolute Gasteiger partial charge is 0.383 e. The van der Waals surface area contributed by atoms with Crippen molar-refractivity contribution in [3.05, 3.63) is 11.8 Å². The fourth-order valence-electron chi connectivity index (χ4n) is 1.47. The lowest BCUT2D eigenvalue weighted by Crippen LogP contribution is -2.39. The maximum absolute atomic E-state index is 11.8. The van der Waals surface area contributed by atoms with E-state index in [1.807, 2.05) is 6.92 Å². The third kappa shape index (κ3) is 5.09. The van der Waals surface area contributed by atoms with Gasteiger partial charge in [-0.3, -0.25) is 4.79 Å².